The van der Waals surface area contributed by atoms with Crippen LogP contribution in [0.5, 0.6) is 0 Å². The van der Waals surface area contributed by atoms with Gasteiger partial charge in [-0.05, 0) is 12.8 Å². The number of unbranched alkanes of at least 4 members (excludes halogenated alkanes) is 1. The first-order valence-corrected chi connectivity index (χ1v) is 3.17. The summed E-state index contributed by atoms with van der Waals surface area (Å²) in [7, 11) is 0. The second-order valence-electron chi connectivity index (χ2n) is 1.77. The molecule has 0 heterocycles. The highest BCUT2D eigenvalue weighted by Gasteiger charge is 1.72. The zero-order chi connectivity index (χ0) is 6.24. The smallest absolute Gasteiger partial charge is 0.0465 e. The summed E-state index contributed by atoms with van der Waals surface area (Å²) in [6.45, 7) is 2.42. The Morgan fingerprint density at radius 3 is 2.38 bits per heavy atom. The van der Waals surface area contributed by atoms with Gasteiger partial charge < -0.3 is 5.11 Å². The Kier molecular flexibility index (Phi) is 6.45. The molecule has 0 aromatic heterocycles. The predicted octanol–water partition coefficient (Wildman–Crippen LogP) is 1.73. The Hall–Kier alpha value is -0.300. The average molecular weight is 114 g/mol. The molecule has 48 valence electrons. The van der Waals surface area contributed by atoms with Gasteiger partial charge in [-0.3, -0.25) is 0 Å². The molecule has 0 radical (unpaired) electrons. The lowest BCUT2D eigenvalue weighted by molar-refractivity contribution is 0.302. The summed E-state index contributed by atoms with van der Waals surface area (Å²) >= 11 is 0. The van der Waals surface area contributed by atoms with E-state index in [-0.39, 0.29) is 6.61 Å². The molecule has 0 fully saturated rings. The van der Waals surface area contributed by atoms with Gasteiger partial charge in [-0.2, -0.15) is 0 Å². The summed E-state index contributed by atoms with van der Waals surface area (Å²) in [5, 5.41) is 8.31. The van der Waals surface area contributed by atoms with Gasteiger partial charge in [0.25, 0.3) is 0 Å². The Morgan fingerprint density at radius 1 is 1.25 bits per heavy atom. The molecule has 0 aliphatic heterocycles. The second-order valence-corrected chi connectivity index (χ2v) is 1.77. The van der Waals surface area contributed by atoms with Crippen LogP contribution in [0.1, 0.15) is 26.2 Å². The van der Waals surface area contributed by atoms with Gasteiger partial charge in [0.2, 0.25) is 0 Å². The molecule has 0 aromatic rings. The molecular weight excluding hydrogens is 100 g/mol. The van der Waals surface area contributed by atoms with Gasteiger partial charge in [0.15, 0.2) is 0 Å². The normalized spacial score (nSPS) is 10.8. The monoisotopic (exact) mass is 114 g/mol. The molecule has 1 heteroatoms. The minimum Gasteiger partial charge on any atom is -0.396 e. The molecule has 0 aromatic carbocycles. The van der Waals surface area contributed by atoms with Crippen molar-refractivity contribution in [2.24, 2.45) is 0 Å². The molecule has 0 saturated heterocycles. The van der Waals surface area contributed by atoms with Crippen LogP contribution in [0.25, 0.3) is 0 Å². The number of aliphatic hydroxyl groups excluding tert-OH is 1. The van der Waals surface area contributed by atoms with Gasteiger partial charge in [0, 0.05) is 6.61 Å². The van der Waals surface area contributed by atoms with Crippen molar-refractivity contribution in [1.29, 1.82) is 0 Å². The standard InChI is InChI=1S/C7H14O/c1-2-3-4-5-6-7-8/h4-5,8H,2-3,6-7H2,1H3. The molecule has 0 unspecified atom stereocenters. The summed E-state index contributed by atoms with van der Waals surface area (Å²) in [6.07, 6.45) is 7.27. The molecule has 0 aliphatic rings. The van der Waals surface area contributed by atoms with E-state index in [9.17, 15) is 0 Å². The van der Waals surface area contributed by atoms with E-state index in [4.69, 9.17) is 5.11 Å². The molecule has 1 N–H and O–H groups in total. The van der Waals surface area contributed by atoms with Crippen molar-refractivity contribution < 1.29 is 5.11 Å². The van der Waals surface area contributed by atoms with Crippen molar-refractivity contribution in [2.45, 2.75) is 26.2 Å². The van der Waals surface area contributed by atoms with Crippen molar-refractivity contribution >= 4 is 0 Å². The molecule has 0 spiro atoms. The van der Waals surface area contributed by atoms with Crippen LogP contribution in [0.3, 0.4) is 0 Å². The van der Waals surface area contributed by atoms with Gasteiger partial charge in [0.1, 0.15) is 0 Å². The van der Waals surface area contributed by atoms with Crippen molar-refractivity contribution in [3.8, 4) is 0 Å². The summed E-state index contributed by atoms with van der Waals surface area (Å²) in [4.78, 5) is 0. The highest BCUT2D eigenvalue weighted by molar-refractivity contribution is 4.80. The number of rotatable bonds is 4. The maximum absolute atomic E-state index is 8.31. The molecule has 0 bridgehead atoms. The molecular formula is C7H14O. The van der Waals surface area contributed by atoms with E-state index in [1.54, 1.807) is 0 Å². The van der Waals surface area contributed by atoms with Crippen LogP contribution in [-0.4, -0.2) is 11.7 Å². The zero-order valence-corrected chi connectivity index (χ0v) is 5.43. The Bertz CT molecular complexity index is 49.4. The van der Waals surface area contributed by atoms with Crippen LogP contribution in [0.15, 0.2) is 12.2 Å². The fourth-order valence-electron chi connectivity index (χ4n) is 0.477. The molecule has 0 amide bonds. The highest BCUT2D eigenvalue weighted by atomic mass is 16.2. The summed E-state index contributed by atoms with van der Waals surface area (Å²) in [6, 6.07) is 0. The first kappa shape index (κ1) is 7.70. The predicted molar refractivity (Wildman–Crippen MR) is 35.8 cm³/mol. The van der Waals surface area contributed by atoms with Crippen LogP contribution in [0.4, 0.5) is 0 Å². The minimum absolute atomic E-state index is 0.278. The molecule has 1 nitrogen and oxygen atoms in total. The number of hydrogen-bond donors (Lipinski definition) is 1. The lowest BCUT2D eigenvalue weighted by atomic mass is 10.3. The van der Waals surface area contributed by atoms with E-state index >= 15 is 0 Å². The fourth-order valence-corrected chi connectivity index (χ4v) is 0.477. The van der Waals surface area contributed by atoms with E-state index < -0.39 is 0 Å². The summed E-state index contributed by atoms with van der Waals surface area (Å²) in [5.74, 6) is 0. The molecule has 0 aliphatic carbocycles. The van der Waals surface area contributed by atoms with Crippen LogP contribution in [0, 0.1) is 0 Å². The molecule has 0 rings (SSSR count). The lowest BCUT2D eigenvalue weighted by Crippen LogP contribution is -1.74. The average Bonchev–Trinajstić information content (AvgIpc) is 1.81. The highest BCUT2D eigenvalue weighted by Crippen LogP contribution is 1.89. The largest absolute Gasteiger partial charge is 0.396 e. The third kappa shape index (κ3) is 5.70. The minimum atomic E-state index is 0.278. The van der Waals surface area contributed by atoms with Crippen LogP contribution < -0.4 is 0 Å². The Morgan fingerprint density at radius 2 is 1.88 bits per heavy atom. The lowest BCUT2D eigenvalue weighted by Gasteiger charge is -1.83. The van der Waals surface area contributed by atoms with Crippen LogP contribution in [0.2, 0.25) is 0 Å². The third-order valence-electron chi connectivity index (χ3n) is 0.918. The molecule has 8 heavy (non-hydrogen) atoms. The second kappa shape index (κ2) is 6.70. The fraction of sp³-hybridized carbons (Fsp3) is 0.714. The van der Waals surface area contributed by atoms with Gasteiger partial charge >= 0.3 is 0 Å². The topological polar surface area (TPSA) is 20.2 Å². The quantitative estimate of drug-likeness (QED) is 0.552. The van der Waals surface area contributed by atoms with Gasteiger partial charge in [-0.25, -0.2) is 0 Å². The van der Waals surface area contributed by atoms with E-state index in [1.165, 1.54) is 6.42 Å². The maximum Gasteiger partial charge on any atom is 0.0465 e. The number of hydrogen-bond acceptors (Lipinski definition) is 1. The van der Waals surface area contributed by atoms with Crippen molar-refractivity contribution in [1.82, 2.24) is 0 Å². The van der Waals surface area contributed by atoms with Crippen molar-refractivity contribution in [3.05, 3.63) is 12.2 Å². The van der Waals surface area contributed by atoms with E-state index in [0.717, 1.165) is 12.8 Å². The maximum atomic E-state index is 8.31. The number of allylic oxidation sites excluding steroid dienone is 1. The molecule has 0 saturated carbocycles. The van der Waals surface area contributed by atoms with Crippen molar-refractivity contribution in [2.75, 3.05) is 6.61 Å². The third-order valence-corrected chi connectivity index (χ3v) is 0.918. The van der Waals surface area contributed by atoms with E-state index in [2.05, 4.69) is 13.0 Å². The van der Waals surface area contributed by atoms with Crippen LogP contribution in [-0.2, 0) is 0 Å². The number of aliphatic hydroxyl groups is 1. The van der Waals surface area contributed by atoms with Gasteiger partial charge in [-0.15, -0.1) is 0 Å². The Labute approximate surface area is 51.0 Å². The van der Waals surface area contributed by atoms with Crippen molar-refractivity contribution in [3.63, 3.8) is 0 Å². The first-order chi connectivity index (χ1) is 3.91. The SMILES string of the molecule is CCCC=CCCO. The van der Waals surface area contributed by atoms with Gasteiger partial charge in [-0.1, -0.05) is 25.5 Å². The molecule has 0 atom stereocenters. The summed E-state index contributed by atoms with van der Waals surface area (Å²) < 4.78 is 0. The Balaban J connectivity index is 2.83. The zero-order valence-electron chi connectivity index (χ0n) is 5.43. The van der Waals surface area contributed by atoms with Gasteiger partial charge in [0.05, 0.1) is 0 Å². The van der Waals surface area contributed by atoms with E-state index in [1.807, 2.05) is 6.08 Å². The van der Waals surface area contributed by atoms with Crippen LogP contribution >= 0.6 is 0 Å². The first-order valence-electron chi connectivity index (χ1n) is 3.17. The summed E-state index contributed by atoms with van der Waals surface area (Å²) in [5.41, 5.74) is 0. The van der Waals surface area contributed by atoms with E-state index in [0.29, 0.717) is 0 Å².